The van der Waals surface area contributed by atoms with Crippen molar-refractivity contribution in [3.05, 3.63) is 54.6 Å². The van der Waals surface area contributed by atoms with Gasteiger partial charge in [0, 0.05) is 0 Å². The van der Waals surface area contributed by atoms with E-state index in [9.17, 15) is 0 Å². The maximum atomic E-state index is 2.66. The molecule has 0 amide bonds. The quantitative estimate of drug-likeness (QED) is 0.321. The summed E-state index contributed by atoms with van der Waals surface area (Å²) in [6.07, 6.45) is -1.88. The molecule has 16 heavy (non-hydrogen) atoms. The van der Waals surface area contributed by atoms with Crippen molar-refractivity contribution in [3.8, 4) is 11.1 Å². The Labute approximate surface area is 129 Å². The standard InChI is InChI=1S/C12H9I3Te/c13-16(14,15)12-9-5-4-8-11(12)10-6-2-1-3-7-10/h1-9H. The summed E-state index contributed by atoms with van der Waals surface area (Å²) in [6, 6.07) is 19.5. The van der Waals surface area contributed by atoms with Gasteiger partial charge >= 0.3 is 132 Å². The second-order valence-electron chi connectivity index (χ2n) is 3.27. The van der Waals surface area contributed by atoms with Gasteiger partial charge in [0.15, 0.2) is 0 Å². The second kappa shape index (κ2) is 6.04. The number of hydrogen-bond acceptors (Lipinski definition) is 0. The molecule has 0 aromatic heterocycles. The summed E-state index contributed by atoms with van der Waals surface area (Å²) < 4.78 is 1.55. The van der Waals surface area contributed by atoms with Crippen LogP contribution in [0.15, 0.2) is 54.6 Å². The number of hydrogen-bond donors (Lipinski definition) is 0. The molecule has 0 spiro atoms. The molecule has 0 fully saturated rings. The van der Waals surface area contributed by atoms with E-state index in [0.717, 1.165) is 0 Å². The Kier molecular flexibility index (Phi) is 5.23. The van der Waals surface area contributed by atoms with E-state index in [2.05, 4.69) is 111 Å². The summed E-state index contributed by atoms with van der Waals surface area (Å²) in [6.45, 7) is 0. The molecular weight excluding hydrogens is 652 g/mol. The number of rotatable bonds is 2. The van der Waals surface area contributed by atoms with Gasteiger partial charge in [0.1, 0.15) is 0 Å². The molecule has 0 aliphatic carbocycles. The molecule has 0 aliphatic rings. The van der Waals surface area contributed by atoms with Crippen molar-refractivity contribution < 1.29 is 0 Å². The van der Waals surface area contributed by atoms with Gasteiger partial charge in [-0.15, -0.1) is 0 Å². The van der Waals surface area contributed by atoms with Gasteiger partial charge in [0.2, 0.25) is 0 Å². The molecule has 2 aromatic rings. The van der Waals surface area contributed by atoms with Crippen LogP contribution in [-0.4, -0.2) is 6.35 Å². The third kappa shape index (κ3) is 3.46. The molecule has 0 heterocycles. The van der Waals surface area contributed by atoms with E-state index < -0.39 is 6.35 Å². The van der Waals surface area contributed by atoms with Crippen LogP contribution < -0.4 is 3.61 Å². The van der Waals surface area contributed by atoms with Crippen molar-refractivity contribution in [2.45, 2.75) is 0 Å². The minimum atomic E-state index is -1.88. The van der Waals surface area contributed by atoms with Crippen molar-refractivity contribution in [2.75, 3.05) is 0 Å². The molecule has 0 N–H and O–H groups in total. The molecule has 0 aliphatic heterocycles. The van der Waals surface area contributed by atoms with E-state index in [1.54, 1.807) is 3.61 Å². The van der Waals surface area contributed by atoms with Gasteiger partial charge in [-0.25, -0.2) is 0 Å². The molecule has 0 saturated carbocycles. The normalized spacial score (nSPS) is 12.4. The molecule has 0 saturated heterocycles. The summed E-state index contributed by atoms with van der Waals surface area (Å²) in [4.78, 5) is 0. The van der Waals surface area contributed by atoms with Gasteiger partial charge in [-0.3, -0.25) is 0 Å². The summed E-state index contributed by atoms with van der Waals surface area (Å²) in [5.41, 5.74) is 2.74. The van der Waals surface area contributed by atoms with Crippen LogP contribution in [0.25, 0.3) is 11.1 Å². The van der Waals surface area contributed by atoms with Crippen LogP contribution >= 0.6 is 56.1 Å². The first kappa shape index (κ1) is 13.8. The predicted molar refractivity (Wildman–Crippen MR) is 99.3 cm³/mol. The molecule has 2 aromatic carbocycles. The van der Waals surface area contributed by atoms with E-state index in [0.29, 0.717) is 0 Å². The molecule has 0 unspecified atom stereocenters. The van der Waals surface area contributed by atoms with Gasteiger partial charge in [-0.05, 0) is 0 Å². The van der Waals surface area contributed by atoms with Crippen LogP contribution in [0.2, 0.25) is 0 Å². The maximum absolute atomic E-state index is 2.66. The van der Waals surface area contributed by atoms with Gasteiger partial charge in [-0.2, -0.15) is 0 Å². The zero-order valence-electron chi connectivity index (χ0n) is 8.24. The molecule has 84 valence electrons. The summed E-state index contributed by atoms with van der Waals surface area (Å²) in [5, 5.41) is 0. The van der Waals surface area contributed by atoms with Crippen LogP contribution in [0.3, 0.4) is 0 Å². The molecule has 0 bridgehead atoms. The zero-order valence-corrected chi connectivity index (χ0v) is 17.0. The number of benzene rings is 2. The number of halogens is 3. The van der Waals surface area contributed by atoms with E-state index in [4.69, 9.17) is 0 Å². The van der Waals surface area contributed by atoms with Gasteiger partial charge in [-0.1, -0.05) is 0 Å². The Morgan fingerprint density at radius 1 is 0.688 bits per heavy atom. The molecule has 0 radical (unpaired) electrons. The first-order valence-corrected chi connectivity index (χ1v) is 26.2. The average molecular weight is 662 g/mol. The molecule has 0 nitrogen and oxygen atoms in total. The van der Waals surface area contributed by atoms with Gasteiger partial charge in [0.05, 0.1) is 0 Å². The Balaban J connectivity index is 2.58. The van der Waals surface area contributed by atoms with Crippen molar-refractivity contribution in [3.63, 3.8) is 0 Å². The predicted octanol–water partition coefficient (Wildman–Crippen LogP) is 4.80. The Bertz CT molecular complexity index is 477. The van der Waals surface area contributed by atoms with Crippen molar-refractivity contribution in [2.24, 2.45) is 0 Å². The zero-order chi connectivity index (χ0) is 11.6. The fraction of sp³-hybridized carbons (Fsp3) is 0. The van der Waals surface area contributed by atoms with Crippen molar-refractivity contribution in [1.29, 1.82) is 0 Å². The Hall–Kier alpha value is 1.42. The van der Waals surface area contributed by atoms with Crippen LogP contribution in [0, 0.1) is 0 Å². The fourth-order valence-corrected chi connectivity index (χ4v) is 11.2. The molecular formula is C12H9I3Te. The van der Waals surface area contributed by atoms with E-state index >= 15 is 0 Å². The van der Waals surface area contributed by atoms with E-state index in [1.807, 2.05) is 0 Å². The van der Waals surface area contributed by atoms with Gasteiger partial charge in [0.25, 0.3) is 0 Å². The fourth-order valence-electron chi connectivity index (χ4n) is 1.52. The first-order valence-electron chi connectivity index (χ1n) is 4.66. The molecule has 0 atom stereocenters. The van der Waals surface area contributed by atoms with Crippen LogP contribution in [0.4, 0.5) is 0 Å². The van der Waals surface area contributed by atoms with Crippen molar-refractivity contribution in [1.82, 2.24) is 0 Å². The van der Waals surface area contributed by atoms with Crippen LogP contribution in [0.1, 0.15) is 0 Å². The third-order valence-corrected chi connectivity index (χ3v) is 14.2. The minimum absolute atomic E-state index is 1.33. The van der Waals surface area contributed by atoms with E-state index in [1.165, 1.54) is 11.1 Å². The Morgan fingerprint density at radius 3 is 1.88 bits per heavy atom. The molecule has 2 rings (SSSR count). The SMILES string of the molecule is I[Te](I)(I)c1ccccc1-c1ccccc1. The van der Waals surface area contributed by atoms with Crippen molar-refractivity contribution >= 4 is 66.0 Å². The monoisotopic (exact) mass is 664 g/mol. The summed E-state index contributed by atoms with van der Waals surface area (Å²) in [7, 11) is 0. The average Bonchev–Trinajstić information content (AvgIpc) is 2.29. The molecule has 4 heteroatoms. The van der Waals surface area contributed by atoms with Crippen LogP contribution in [0.5, 0.6) is 0 Å². The van der Waals surface area contributed by atoms with E-state index in [-0.39, 0.29) is 0 Å². The van der Waals surface area contributed by atoms with Gasteiger partial charge < -0.3 is 0 Å². The second-order valence-corrected chi connectivity index (χ2v) is 67.3. The third-order valence-electron chi connectivity index (χ3n) is 2.22. The summed E-state index contributed by atoms with van der Waals surface area (Å²) >= 11 is 7.97. The Morgan fingerprint density at radius 2 is 1.25 bits per heavy atom. The first-order chi connectivity index (χ1) is 7.59. The topological polar surface area (TPSA) is 0 Å². The van der Waals surface area contributed by atoms with Crippen LogP contribution in [-0.2, 0) is 0 Å². The summed E-state index contributed by atoms with van der Waals surface area (Å²) in [5.74, 6) is 0.